The molecule has 2 amide bonds. The standard InChI is InChI=1S/C23H32N4O2S/c1-18-7-4-5-8-20(18)15-21(25(2)22(28)16-27-12-6-11-24-27)19-9-13-26(14-10-19)23(29)17-30-3/h4-8,11-12,19,21H,9-10,13-17H2,1-3H3. The topological polar surface area (TPSA) is 58.4 Å². The van der Waals surface area contributed by atoms with E-state index < -0.39 is 0 Å². The average molecular weight is 429 g/mol. The fourth-order valence-electron chi connectivity index (χ4n) is 4.26. The summed E-state index contributed by atoms with van der Waals surface area (Å²) in [7, 11) is 1.92. The Morgan fingerprint density at radius 3 is 2.60 bits per heavy atom. The Kier molecular flexibility index (Phi) is 7.96. The van der Waals surface area contributed by atoms with Gasteiger partial charge >= 0.3 is 0 Å². The molecule has 1 aromatic carbocycles. The third kappa shape index (κ3) is 5.65. The maximum atomic E-state index is 13.0. The van der Waals surface area contributed by atoms with Crippen LogP contribution in [0.4, 0.5) is 0 Å². The van der Waals surface area contributed by atoms with Crippen molar-refractivity contribution in [2.45, 2.75) is 38.8 Å². The highest BCUT2D eigenvalue weighted by atomic mass is 32.2. The van der Waals surface area contributed by atoms with Gasteiger partial charge in [0.1, 0.15) is 6.54 Å². The molecule has 30 heavy (non-hydrogen) atoms. The minimum absolute atomic E-state index is 0.0678. The predicted octanol–water partition coefficient (Wildman–Crippen LogP) is 2.86. The first kappa shape index (κ1) is 22.4. The third-order valence-corrected chi connectivity index (χ3v) is 6.68. The van der Waals surface area contributed by atoms with Crippen LogP contribution in [0.15, 0.2) is 42.7 Å². The summed E-state index contributed by atoms with van der Waals surface area (Å²) in [6.45, 7) is 3.92. The van der Waals surface area contributed by atoms with Gasteiger partial charge in [0.05, 0.1) is 5.75 Å². The van der Waals surface area contributed by atoms with E-state index in [-0.39, 0.29) is 24.4 Å². The number of likely N-dealkylation sites (tertiary alicyclic amines) is 1. The first-order chi connectivity index (χ1) is 14.5. The van der Waals surface area contributed by atoms with Crippen LogP contribution in [0.1, 0.15) is 24.0 Å². The predicted molar refractivity (Wildman–Crippen MR) is 121 cm³/mol. The van der Waals surface area contributed by atoms with Crippen LogP contribution in [-0.2, 0) is 22.6 Å². The lowest BCUT2D eigenvalue weighted by atomic mass is 9.84. The number of benzene rings is 1. The van der Waals surface area contributed by atoms with Crippen LogP contribution in [-0.4, -0.2) is 69.6 Å². The van der Waals surface area contributed by atoms with E-state index in [1.165, 1.54) is 11.1 Å². The molecule has 1 aliphatic heterocycles. The number of piperidine rings is 1. The van der Waals surface area contributed by atoms with E-state index in [2.05, 4.69) is 36.3 Å². The summed E-state index contributed by atoms with van der Waals surface area (Å²) in [5.41, 5.74) is 2.53. The maximum absolute atomic E-state index is 13.0. The second-order valence-corrected chi connectivity index (χ2v) is 8.92. The summed E-state index contributed by atoms with van der Waals surface area (Å²) in [5, 5.41) is 4.18. The SMILES string of the molecule is CSCC(=O)N1CCC(C(Cc2ccccc2C)N(C)C(=O)Cn2cccn2)CC1. The molecule has 1 fully saturated rings. The molecule has 1 aromatic heterocycles. The van der Waals surface area contributed by atoms with E-state index in [0.29, 0.717) is 11.7 Å². The van der Waals surface area contributed by atoms with Gasteiger partial charge in [0.25, 0.3) is 0 Å². The molecule has 7 heteroatoms. The molecule has 2 heterocycles. The van der Waals surface area contributed by atoms with Crippen molar-refractivity contribution in [3.05, 3.63) is 53.9 Å². The number of aromatic nitrogens is 2. The van der Waals surface area contributed by atoms with Crippen molar-refractivity contribution in [1.82, 2.24) is 19.6 Å². The highest BCUT2D eigenvalue weighted by molar-refractivity contribution is 7.99. The monoisotopic (exact) mass is 428 g/mol. The van der Waals surface area contributed by atoms with Crippen LogP contribution in [0.3, 0.4) is 0 Å². The second-order valence-electron chi connectivity index (χ2n) is 8.06. The van der Waals surface area contributed by atoms with Gasteiger partial charge in [-0.2, -0.15) is 16.9 Å². The number of carbonyl (C=O) groups is 2. The maximum Gasteiger partial charge on any atom is 0.244 e. The molecule has 0 aliphatic carbocycles. The van der Waals surface area contributed by atoms with Gasteiger partial charge in [-0.15, -0.1) is 0 Å². The minimum atomic E-state index is 0.0678. The molecule has 3 rings (SSSR count). The lowest BCUT2D eigenvalue weighted by Crippen LogP contribution is -2.49. The number of hydrogen-bond donors (Lipinski definition) is 0. The number of carbonyl (C=O) groups excluding carboxylic acids is 2. The lowest BCUT2D eigenvalue weighted by molar-refractivity contribution is -0.136. The highest BCUT2D eigenvalue weighted by Crippen LogP contribution is 2.27. The van der Waals surface area contributed by atoms with Crippen molar-refractivity contribution < 1.29 is 9.59 Å². The number of likely N-dealkylation sites (N-methyl/N-ethyl adjacent to an activating group) is 1. The van der Waals surface area contributed by atoms with Crippen LogP contribution in [0, 0.1) is 12.8 Å². The summed E-state index contributed by atoms with van der Waals surface area (Å²) >= 11 is 1.57. The van der Waals surface area contributed by atoms with E-state index in [9.17, 15) is 9.59 Å². The van der Waals surface area contributed by atoms with Gasteiger partial charge in [0.2, 0.25) is 11.8 Å². The van der Waals surface area contributed by atoms with Crippen molar-refractivity contribution in [3.63, 3.8) is 0 Å². The summed E-state index contributed by atoms with van der Waals surface area (Å²) in [6, 6.07) is 10.3. The Labute approximate surface area is 183 Å². The highest BCUT2D eigenvalue weighted by Gasteiger charge is 2.32. The Morgan fingerprint density at radius 2 is 1.97 bits per heavy atom. The average Bonchev–Trinajstić information content (AvgIpc) is 3.26. The molecule has 0 radical (unpaired) electrons. The first-order valence-electron chi connectivity index (χ1n) is 10.5. The van der Waals surface area contributed by atoms with Crippen molar-refractivity contribution in [1.29, 1.82) is 0 Å². The summed E-state index contributed by atoms with van der Waals surface area (Å²) < 4.78 is 1.67. The molecular weight excluding hydrogens is 396 g/mol. The minimum Gasteiger partial charge on any atom is -0.342 e. The van der Waals surface area contributed by atoms with E-state index >= 15 is 0 Å². The Morgan fingerprint density at radius 1 is 1.23 bits per heavy atom. The third-order valence-electron chi connectivity index (χ3n) is 6.14. The van der Waals surface area contributed by atoms with Gasteiger partial charge in [0.15, 0.2) is 0 Å². The Hall–Kier alpha value is -2.28. The summed E-state index contributed by atoms with van der Waals surface area (Å²) in [5.74, 6) is 1.20. The van der Waals surface area contributed by atoms with Crippen LogP contribution < -0.4 is 0 Å². The fraction of sp³-hybridized carbons (Fsp3) is 0.522. The molecule has 1 aliphatic rings. The smallest absolute Gasteiger partial charge is 0.244 e. The second kappa shape index (κ2) is 10.7. The molecule has 0 saturated carbocycles. The van der Waals surface area contributed by atoms with Gasteiger partial charge in [0, 0.05) is 38.6 Å². The van der Waals surface area contributed by atoms with Gasteiger partial charge < -0.3 is 9.80 Å². The zero-order valence-electron chi connectivity index (χ0n) is 18.2. The molecule has 1 atom stereocenters. The number of aryl methyl sites for hydroxylation is 1. The number of nitrogens with zero attached hydrogens (tertiary/aromatic N) is 4. The molecule has 1 saturated heterocycles. The summed E-state index contributed by atoms with van der Waals surface area (Å²) in [4.78, 5) is 29.2. The number of rotatable bonds is 8. The van der Waals surface area contributed by atoms with E-state index in [1.54, 1.807) is 22.6 Å². The first-order valence-corrected chi connectivity index (χ1v) is 11.9. The lowest BCUT2D eigenvalue weighted by Gasteiger charge is -2.40. The van der Waals surface area contributed by atoms with Crippen molar-refractivity contribution >= 4 is 23.6 Å². The quantitative estimate of drug-likeness (QED) is 0.649. The Balaban J connectivity index is 1.73. The molecule has 0 spiro atoms. The number of amides is 2. The largest absolute Gasteiger partial charge is 0.342 e. The van der Waals surface area contributed by atoms with E-state index in [1.807, 2.05) is 35.4 Å². The summed E-state index contributed by atoms with van der Waals surface area (Å²) in [6.07, 6.45) is 8.16. The van der Waals surface area contributed by atoms with E-state index in [4.69, 9.17) is 0 Å². The molecule has 162 valence electrons. The molecular formula is C23H32N4O2S. The van der Waals surface area contributed by atoms with Crippen LogP contribution in [0.5, 0.6) is 0 Å². The molecule has 0 bridgehead atoms. The van der Waals surface area contributed by atoms with Crippen molar-refractivity contribution in [2.75, 3.05) is 32.1 Å². The molecule has 6 nitrogen and oxygen atoms in total. The van der Waals surface area contributed by atoms with Gasteiger partial charge in [-0.05, 0) is 55.6 Å². The number of hydrogen-bond acceptors (Lipinski definition) is 4. The Bertz CT molecular complexity index is 831. The zero-order chi connectivity index (χ0) is 21.5. The van der Waals surface area contributed by atoms with E-state index in [0.717, 1.165) is 32.4 Å². The van der Waals surface area contributed by atoms with Crippen molar-refractivity contribution in [3.8, 4) is 0 Å². The number of thioether (sulfide) groups is 1. The normalized spacial score (nSPS) is 15.8. The van der Waals surface area contributed by atoms with Crippen LogP contribution in [0.2, 0.25) is 0 Å². The van der Waals surface area contributed by atoms with Crippen LogP contribution >= 0.6 is 11.8 Å². The van der Waals surface area contributed by atoms with Crippen LogP contribution in [0.25, 0.3) is 0 Å². The molecule has 0 N–H and O–H groups in total. The van der Waals surface area contributed by atoms with Gasteiger partial charge in [-0.1, -0.05) is 24.3 Å². The fourth-order valence-corrected chi connectivity index (χ4v) is 4.69. The van der Waals surface area contributed by atoms with Gasteiger partial charge in [-0.3, -0.25) is 14.3 Å². The van der Waals surface area contributed by atoms with Gasteiger partial charge in [-0.25, -0.2) is 0 Å². The molecule has 1 unspecified atom stereocenters. The molecule has 2 aromatic rings. The zero-order valence-corrected chi connectivity index (χ0v) is 19.0. The van der Waals surface area contributed by atoms with Crippen molar-refractivity contribution in [2.24, 2.45) is 5.92 Å².